The van der Waals surface area contributed by atoms with Gasteiger partial charge in [0.15, 0.2) is 5.96 Å². The molecular formula is C23H32IN3O5. The molecule has 0 spiro atoms. The van der Waals surface area contributed by atoms with Crippen molar-refractivity contribution in [2.75, 3.05) is 46.4 Å². The van der Waals surface area contributed by atoms with E-state index in [0.717, 1.165) is 23.4 Å². The smallest absolute Gasteiger partial charge is 0.341 e. The van der Waals surface area contributed by atoms with Crippen LogP contribution in [-0.2, 0) is 16.0 Å². The van der Waals surface area contributed by atoms with Gasteiger partial charge in [-0.1, -0.05) is 12.1 Å². The first-order valence-electron chi connectivity index (χ1n) is 10.1. The molecule has 0 fully saturated rings. The predicted molar refractivity (Wildman–Crippen MR) is 137 cm³/mol. The van der Waals surface area contributed by atoms with Gasteiger partial charge >= 0.3 is 5.97 Å². The van der Waals surface area contributed by atoms with E-state index in [1.807, 2.05) is 37.3 Å². The summed E-state index contributed by atoms with van der Waals surface area (Å²) in [6.45, 7) is 4.32. The maximum absolute atomic E-state index is 12.0. The molecule has 0 saturated carbocycles. The quantitative estimate of drug-likeness (QED) is 0.141. The highest BCUT2D eigenvalue weighted by Gasteiger charge is 2.13. The zero-order chi connectivity index (χ0) is 22.5. The molecule has 32 heavy (non-hydrogen) atoms. The van der Waals surface area contributed by atoms with Gasteiger partial charge in [0.1, 0.15) is 17.1 Å². The molecule has 2 aromatic carbocycles. The molecule has 0 aliphatic heterocycles. The highest BCUT2D eigenvalue weighted by Crippen LogP contribution is 2.21. The van der Waals surface area contributed by atoms with Gasteiger partial charge in [-0.3, -0.25) is 0 Å². The maximum Gasteiger partial charge on any atom is 0.341 e. The molecule has 2 aromatic rings. The van der Waals surface area contributed by atoms with Gasteiger partial charge in [-0.15, -0.1) is 24.0 Å². The van der Waals surface area contributed by atoms with Gasteiger partial charge in [0.25, 0.3) is 0 Å². The van der Waals surface area contributed by atoms with Crippen LogP contribution in [-0.4, -0.2) is 53.0 Å². The lowest BCUT2D eigenvalue weighted by molar-refractivity contribution is 0.0597. The molecule has 8 nitrogen and oxygen atoms in total. The van der Waals surface area contributed by atoms with Crippen LogP contribution in [0, 0.1) is 0 Å². The molecule has 2 rings (SSSR count). The zero-order valence-electron chi connectivity index (χ0n) is 19.0. The van der Waals surface area contributed by atoms with Crippen LogP contribution in [0.25, 0.3) is 0 Å². The van der Waals surface area contributed by atoms with E-state index in [1.165, 1.54) is 14.2 Å². The molecule has 0 bridgehead atoms. The zero-order valence-corrected chi connectivity index (χ0v) is 21.3. The van der Waals surface area contributed by atoms with Crippen LogP contribution in [0.3, 0.4) is 0 Å². The van der Waals surface area contributed by atoms with E-state index >= 15 is 0 Å². The molecule has 176 valence electrons. The van der Waals surface area contributed by atoms with Gasteiger partial charge < -0.3 is 29.6 Å². The minimum atomic E-state index is -0.449. The summed E-state index contributed by atoms with van der Waals surface area (Å²) in [6, 6.07) is 13.0. The lowest BCUT2D eigenvalue weighted by Crippen LogP contribution is -2.30. The number of hydrogen-bond donors (Lipinski definition) is 2. The Labute approximate surface area is 206 Å². The lowest BCUT2D eigenvalue weighted by Gasteiger charge is -2.13. The molecule has 0 aliphatic rings. The molecule has 9 heteroatoms. The van der Waals surface area contributed by atoms with Gasteiger partial charge in [-0.05, 0) is 36.8 Å². The third-order valence-electron chi connectivity index (χ3n) is 4.29. The van der Waals surface area contributed by atoms with Gasteiger partial charge in [-0.2, -0.15) is 0 Å². The molecular weight excluding hydrogens is 525 g/mol. The molecule has 0 unspecified atom stereocenters. The topological polar surface area (TPSA) is 90.4 Å². The van der Waals surface area contributed by atoms with E-state index in [1.54, 1.807) is 19.2 Å². The number of ether oxygens (including phenoxy) is 4. The van der Waals surface area contributed by atoms with Crippen molar-refractivity contribution in [3.8, 4) is 11.5 Å². The third kappa shape index (κ3) is 8.91. The number of nitrogens with zero attached hydrogens (tertiary/aromatic N) is 1. The van der Waals surface area contributed by atoms with Crippen molar-refractivity contribution in [2.24, 2.45) is 4.99 Å². The van der Waals surface area contributed by atoms with E-state index in [9.17, 15) is 4.79 Å². The number of esters is 1. The SMILES string of the molecule is CCNC(=NCc1ccc(OC)c(C(=O)OC)c1)Nc1cccc(OCCCOC)c1.I. The van der Waals surface area contributed by atoms with Crippen LogP contribution in [0.4, 0.5) is 5.69 Å². The Bertz CT molecular complexity index is 876. The summed E-state index contributed by atoms with van der Waals surface area (Å²) < 4.78 is 20.9. The number of carbonyl (C=O) groups excluding carboxylic acids is 1. The first-order valence-corrected chi connectivity index (χ1v) is 10.1. The third-order valence-corrected chi connectivity index (χ3v) is 4.29. The minimum absolute atomic E-state index is 0. The number of guanidine groups is 1. The molecule has 0 amide bonds. The van der Waals surface area contributed by atoms with E-state index in [-0.39, 0.29) is 24.0 Å². The number of hydrogen-bond acceptors (Lipinski definition) is 6. The first kappa shape index (κ1) is 27.5. The van der Waals surface area contributed by atoms with Crippen molar-refractivity contribution < 1.29 is 23.7 Å². The lowest BCUT2D eigenvalue weighted by atomic mass is 10.1. The number of aliphatic imine (C=N–C) groups is 1. The molecule has 0 radical (unpaired) electrons. The first-order chi connectivity index (χ1) is 15.1. The van der Waals surface area contributed by atoms with E-state index in [0.29, 0.717) is 43.6 Å². The number of carbonyl (C=O) groups is 1. The predicted octanol–water partition coefficient (Wildman–Crippen LogP) is 4.09. The second-order valence-corrected chi connectivity index (χ2v) is 6.57. The van der Waals surface area contributed by atoms with Crippen molar-refractivity contribution in [3.05, 3.63) is 53.6 Å². The van der Waals surface area contributed by atoms with Crippen molar-refractivity contribution >= 4 is 41.6 Å². The Morgan fingerprint density at radius 3 is 2.56 bits per heavy atom. The summed E-state index contributed by atoms with van der Waals surface area (Å²) in [5.41, 5.74) is 2.08. The van der Waals surface area contributed by atoms with E-state index < -0.39 is 5.97 Å². The standard InChI is InChI=1S/C23H31N3O5.HI/c1-5-24-23(26-18-8-6-9-19(15-18)31-13-7-12-28-2)25-16-17-10-11-21(29-3)20(14-17)22(27)30-4;/h6,8-11,14-15H,5,7,12-13,16H2,1-4H3,(H2,24,25,26);1H. The number of methoxy groups -OCH3 is 3. The van der Waals surface area contributed by atoms with Crippen molar-refractivity contribution in [3.63, 3.8) is 0 Å². The molecule has 0 aromatic heterocycles. The van der Waals surface area contributed by atoms with Crippen LogP contribution in [0.15, 0.2) is 47.5 Å². The van der Waals surface area contributed by atoms with Crippen LogP contribution in [0.1, 0.15) is 29.3 Å². The molecule has 2 N–H and O–H groups in total. The number of halogens is 1. The minimum Gasteiger partial charge on any atom is -0.496 e. The van der Waals surface area contributed by atoms with Gasteiger partial charge in [0, 0.05) is 38.4 Å². The maximum atomic E-state index is 12.0. The Morgan fingerprint density at radius 2 is 1.88 bits per heavy atom. The summed E-state index contributed by atoms with van der Waals surface area (Å²) in [5.74, 6) is 1.41. The van der Waals surface area contributed by atoms with Crippen molar-refractivity contribution in [1.29, 1.82) is 0 Å². The monoisotopic (exact) mass is 557 g/mol. The fourth-order valence-electron chi connectivity index (χ4n) is 2.79. The average molecular weight is 557 g/mol. The number of nitrogens with one attached hydrogen (secondary N) is 2. The summed E-state index contributed by atoms with van der Waals surface area (Å²) in [4.78, 5) is 16.6. The van der Waals surface area contributed by atoms with Gasteiger partial charge in [0.2, 0.25) is 0 Å². The number of rotatable bonds is 11. The molecule has 0 heterocycles. The van der Waals surface area contributed by atoms with E-state index in [4.69, 9.17) is 18.9 Å². The fourth-order valence-corrected chi connectivity index (χ4v) is 2.79. The average Bonchev–Trinajstić information content (AvgIpc) is 2.80. The van der Waals surface area contributed by atoms with Crippen LogP contribution in [0.2, 0.25) is 0 Å². The normalized spacial score (nSPS) is 10.7. The second kappa shape index (κ2) is 15.3. The fraction of sp³-hybridized carbons (Fsp3) is 0.391. The number of anilines is 1. The molecule has 0 aliphatic carbocycles. The van der Waals surface area contributed by atoms with Crippen LogP contribution < -0.4 is 20.1 Å². The van der Waals surface area contributed by atoms with Crippen LogP contribution >= 0.6 is 24.0 Å². The molecule has 0 saturated heterocycles. The highest BCUT2D eigenvalue weighted by molar-refractivity contribution is 14.0. The Kier molecular flexibility index (Phi) is 13.2. The van der Waals surface area contributed by atoms with Crippen molar-refractivity contribution in [1.82, 2.24) is 5.32 Å². The number of benzene rings is 2. The van der Waals surface area contributed by atoms with Gasteiger partial charge in [-0.25, -0.2) is 9.79 Å². The molecule has 0 atom stereocenters. The van der Waals surface area contributed by atoms with Crippen molar-refractivity contribution in [2.45, 2.75) is 19.9 Å². The summed E-state index contributed by atoms with van der Waals surface area (Å²) >= 11 is 0. The Hall–Kier alpha value is -2.53. The summed E-state index contributed by atoms with van der Waals surface area (Å²) in [5, 5.41) is 6.50. The largest absolute Gasteiger partial charge is 0.496 e. The summed E-state index contributed by atoms with van der Waals surface area (Å²) in [7, 11) is 4.53. The Morgan fingerprint density at radius 1 is 1.06 bits per heavy atom. The van der Waals surface area contributed by atoms with Crippen LogP contribution in [0.5, 0.6) is 11.5 Å². The van der Waals surface area contributed by atoms with Gasteiger partial charge in [0.05, 0.1) is 27.4 Å². The van der Waals surface area contributed by atoms with E-state index in [2.05, 4.69) is 15.6 Å². The highest BCUT2D eigenvalue weighted by atomic mass is 127. The summed E-state index contributed by atoms with van der Waals surface area (Å²) in [6.07, 6.45) is 0.827. The Balaban J connectivity index is 0.00000512. The second-order valence-electron chi connectivity index (χ2n) is 6.57.